The molecule has 1 aromatic heterocycles. The van der Waals surface area contributed by atoms with Crippen molar-refractivity contribution in [3.8, 4) is 0 Å². The lowest BCUT2D eigenvalue weighted by atomic mass is 9.82. The molecule has 3 aromatic rings. The lowest BCUT2D eigenvalue weighted by Crippen LogP contribution is -2.56. The second kappa shape index (κ2) is 11.5. The number of nitrogens with zero attached hydrogens (tertiary/aromatic N) is 4. The van der Waals surface area contributed by atoms with Crippen LogP contribution < -0.4 is 0 Å². The van der Waals surface area contributed by atoms with Gasteiger partial charge in [0.25, 0.3) is 5.91 Å². The topological polar surface area (TPSA) is 58.0 Å². The first-order valence-electron chi connectivity index (χ1n) is 13.7. The molecule has 2 aromatic carbocycles. The molecule has 0 unspecified atom stereocenters. The molecule has 0 bridgehead atoms. The zero-order valence-electron chi connectivity index (χ0n) is 22.6. The fourth-order valence-electron chi connectivity index (χ4n) is 5.94. The molecule has 200 valence electrons. The number of halogens is 1. The lowest BCUT2D eigenvalue weighted by Gasteiger charge is -2.49. The molecule has 0 radical (unpaired) electrons. The number of aryl methyl sites for hydroxylation is 1. The molecule has 5 rings (SSSR count). The number of pyridine rings is 1. The molecule has 0 spiro atoms. The van der Waals surface area contributed by atoms with E-state index in [9.17, 15) is 4.79 Å². The first-order chi connectivity index (χ1) is 18.4. The highest BCUT2D eigenvalue weighted by atomic mass is 79.9. The molecule has 0 N–H and O–H groups in total. The zero-order valence-corrected chi connectivity index (χ0v) is 24.2. The van der Waals surface area contributed by atoms with Crippen molar-refractivity contribution >= 4 is 38.5 Å². The van der Waals surface area contributed by atoms with Gasteiger partial charge in [-0.15, -0.1) is 0 Å². The normalized spacial score (nSPS) is 19.1. The number of hydrogen-bond donors (Lipinski definition) is 0. The third-order valence-electron chi connectivity index (χ3n) is 8.33. The van der Waals surface area contributed by atoms with Crippen LogP contribution in [-0.4, -0.2) is 64.7 Å². The van der Waals surface area contributed by atoms with Gasteiger partial charge in [0.1, 0.15) is 6.61 Å². The Morgan fingerprint density at radius 1 is 1.08 bits per heavy atom. The van der Waals surface area contributed by atoms with Gasteiger partial charge >= 0.3 is 0 Å². The Hall–Kier alpha value is -2.77. The van der Waals surface area contributed by atoms with E-state index in [1.807, 2.05) is 30.0 Å². The fraction of sp³-hybridized carbons (Fsp3) is 0.452. The number of fused-ring (bicyclic) bond motifs is 1. The molecule has 3 heterocycles. The van der Waals surface area contributed by atoms with Gasteiger partial charge in [0.15, 0.2) is 0 Å². The maximum Gasteiger partial charge on any atom is 0.254 e. The van der Waals surface area contributed by atoms with Crippen molar-refractivity contribution in [2.24, 2.45) is 11.1 Å². The van der Waals surface area contributed by atoms with Crippen molar-refractivity contribution in [2.45, 2.75) is 52.0 Å². The van der Waals surface area contributed by atoms with Crippen LogP contribution in [0.25, 0.3) is 10.9 Å². The molecular weight excluding hydrogens is 540 g/mol. The van der Waals surface area contributed by atoms with E-state index in [0.29, 0.717) is 12.5 Å². The van der Waals surface area contributed by atoms with E-state index in [1.54, 1.807) is 6.20 Å². The molecule has 0 saturated carbocycles. The molecule has 2 aliphatic heterocycles. The summed E-state index contributed by atoms with van der Waals surface area (Å²) in [5, 5.41) is 5.49. The van der Waals surface area contributed by atoms with Crippen LogP contribution in [0.2, 0.25) is 0 Å². The third kappa shape index (κ3) is 5.64. The predicted octanol–water partition coefficient (Wildman–Crippen LogP) is 6.45. The van der Waals surface area contributed by atoms with E-state index in [4.69, 9.17) is 4.84 Å². The van der Waals surface area contributed by atoms with Crippen LogP contribution in [0.5, 0.6) is 0 Å². The second-order valence-corrected chi connectivity index (χ2v) is 11.7. The molecule has 1 amide bonds. The molecule has 7 heteroatoms. The van der Waals surface area contributed by atoms with Crippen LogP contribution >= 0.6 is 15.9 Å². The summed E-state index contributed by atoms with van der Waals surface area (Å²) in [5.41, 5.74) is 5.08. The van der Waals surface area contributed by atoms with Gasteiger partial charge in [0.2, 0.25) is 0 Å². The maximum absolute atomic E-state index is 13.5. The number of benzene rings is 2. The molecule has 2 saturated heterocycles. The Morgan fingerprint density at radius 3 is 2.47 bits per heavy atom. The Balaban J connectivity index is 1.22. The number of rotatable bonds is 6. The second-order valence-electron chi connectivity index (χ2n) is 10.8. The predicted molar refractivity (Wildman–Crippen MR) is 157 cm³/mol. The van der Waals surface area contributed by atoms with Crippen molar-refractivity contribution in [2.75, 3.05) is 32.8 Å². The van der Waals surface area contributed by atoms with Gasteiger partial charge in [-0.3, -0.25) is 14.7 Å². The molecular formula is C31H37BrN4O2. The number of aromatic nitrogens is 1. The Bertz CT molecular complexity index is 1310. The summed E-state index contributed by atoms with van der Waals surface area (Å²) in [7, 11) is 0. The third-order valence-corrected chi connectivity index (χ3v) is 8.86. The minimum Gasteiger partial charge on any atom is -0.396 e. The molecule has 0 atom stereocenters. The van der Waals surface area contributed by atoms with Crippen LogP contribution in [-0.2, 0) is 4.84 Å². The van der Waals surface area contributed by atoms with Crippen molar-refractivity contribution in [3.05, 3.63) is 75.9 Å². The molecule has 2 aliphatic rings. The van der Waals surface area contributed by atoms with Gasteiger partial charge in [0, 0.05) is 40.6 Å². The molecule has 2 fully saturated rings. The van der Waals surface area contributed by atoms with Crippen molar-refractivity contribution in [1.82, 2.24) is 14.8 Å². The Kier molecular flexibility index (Phi) is 8.15. The van der Waals surface area contributed by atoms with Gasteiger partial charge in [-0.2, -0.15) is 0 Å². The van der Waals surface area contributed by atoms with Crippen LogP contribution in [0.4, 0.5) is 0 Å². The molecule has 0 aliphatic carbocycles. The van der Waals surface area contributed by atoms with Gasteiger partial charge in [0.05, 0.1) is 16.8 Å². The average Bonchev–Trinajstić information content (AvgIpc) is 2.94. The van der Waals surface area contributed by atoms with Crippen LogP contribution in [0.3, 0.4) is 0 Å². The summed E-state index contributed by atoms with van der Waals surface area (Å²) >= 11 is 3.54. The van der Waals surface area contributed by atoms with Crippen molar-refractivity contribution < 1.29 is 9.63 Å². The van der Waals surface area contributed by atoms with Crippen LogP contribution in [0.15, 0.2) is 64.4 Å². The first-order valence-corrected chi connectivity index (χ1v) is 14.5. The first kappa shape index (κ1) is 26.8. The number of likely N-dealkylation sites (tertiary alicyclic amines) is 2. The lowest BCUT2D eigenvalue weighted by molar-refractivity contribution is 0.0162. The number of carbonyl (C=O) groups is 1. The monoisotopic (exact) mass is 576 g/mol. The number of oxime groups is 1. The van der Waals surface area contributed by atoms with E-state index < -0.39 is 0 Å². The minimum absolute atomic E-state index is 0.105. The van der Waals surface area contributed by atoms with E-state index in [-0.39, 0.29) is 11.4 Å². The highest BCUT2D eigenvalue weighted by Crippen LogP contribution is 2.34. The summed E-state index contributed by atoms with van der Waals surface area (Å²) in [4.78, 5) is 28.2. The number of piperidine rings is 2. The number of amides is 1. The van der Waals surface area contributed by atoms with E-state index in [0.717, 1.165) is 89.6 Å². The molecule has 6 nitrogen and oxygen atoms in total. The highest BCUT2D eigenvalue weighted by molar-refractivity contribution is 9.10. The summed E-state index contributed by atoms with van der Waals surface area (Å²) in [6.07, 6.45) is 5.84. The Labute approximate surface area is 234 Å². The summed E-state index contributed by atoms with van der Waals surface area (Å²) in [5.74, 6) is 0.503. The fourth-order valence-corrected chi connectivity index (χ4v) is 6.20. The number of hydrogen-bond acceptors (Lipinski definition) is 5. The van der Waals surface area contributed by atoms with Crippen LogP contribution in [0.1, 0.15) is 61.0 Å². The number of carbonyl (C=O) groups excluding carboxylic acids is 1. The molecule has 38 heavy (non-hydrogen) atoms. The summed E-state index contributed by atoms with van der Waals surface area (Å²) in [6, 6.07) is 16.4. The quantitative estimate of drug-likeness (QED) is 0.250. The van der Waals surface area contributed by atoms with E-state index in [2.05, 4.69) is 75.1 Å². The van der Waals surface area contributed by atoms with Gasteiger partial charge in [-0.25, -0.2) is 0 Å². The average molecular weight is 578 g/mol. The van der Waals surface area contributed by atoms with Gasteiger partial charge in [-0.1, -0.05) is 44.8 Å². The maximum atomic E-state index is 13.5. The SMILES string of the molecule is CCON=C(c1ccc(Br)cc1)C1CCN(C2(C)CCN(C(=O)c3ccnc4ccc(C)cc34)CC2)CC1. The van der Waals surface area contributed by atoms with Crippen LogP contribution in [0, 0.1) is 12.8 Å². The standard InChI is InChI=1S/C31H37BrN4O2/c1-4-38-34-29(23-6-8-25(32)9-7-23)24-12-17-36(18-13-24)31(3)14-19-35(20-15-31)30(37)26-11-16-33-28-10-5-22(2)21-27(26)28/h5-11,16,21,24H,4,12-15,17-20H2,1-3H3. The zero-order chi connectivity index (χ0) is 26.7. The van der Waals surface area contributed by atoms with Crippen molar-refractivity contribution in [1.29, 1.82) is 0 Å². The van der Waals surface area contributed by atoms with E-state index >= 15 is 0 Å². The smallest absolute Gasteiger partial charge is 0.254 e. The highest BCUT2D eigenvalue weighted by Gasteiger charge is 2.39. The van der Waals surface area contributed by atoms with Gasteiger partial charge < -0.3 is 9.74 Å². The Morgan fingerprint density at radius 2 is 1.79 bits per heavy atom. The summed E-state index contributed by atoms with van der Waals surface area (Å²) in [6.45, 7) is 10.6. The minimum atomic E-state index is 0.105. The summed E-state index contributed by atoms with van der Waals surface area (Å²) < 4.78 is 1.07. The van der Waals surface area contributed by atoms with E-state index in [1.165, 1.54) is 0 Å². The largest absolute Gasteiger partial charge is 0.396 e. The van der Waals surface area contributed by atoms with Gasteiger partial charge in [-0.05, 0) is 95.4 Å². The van der Waals surface area contributed by atoms with Crippen molar-refractivity contribution in [3.63, 3.8) is 0 Å².